The standard InChI is InChI=1S/C7H3ClF3NO2/c1-2-4(9)3(8)6(11)7(5(2)10)12(13)14/h1H3. The van der Waals surface area contributed by atoms with Crippen molar-refractivity contribution in [2.45, 2.75) is 6.92 Å². The van der Waals surface area contributed by atoms with Crippen LogP contribution in [0.4, 0.5) is 18.9 Å². The zero-order valence-corrected chi connectivity index (χ0v) is 7.53. The molecule has 1 rings (SSSR count). The molecule has 0 aromatic heterocycles. The molecular weight excluding hydrogens is 223 g/mol. The van der Waals surface area contributed by atoms with Gasteiger partial charge >= 0.3 is 5.69 Å². The van der Waals surface area contributed by atoms with Crippen LogP contribution in [-0.4, -0.2) is 4.92 Å². The van der Waals surface area contributed by atoms with Gasteiger partial charge in [0.15, 0.2) is 5.82 Å². The van der Waals surface area contributed by atoms with E-state index in [1.54, 1.807) is 0 Å². The van der Waals surface area contributed by atoms with Gasteiger partial charge in [-0.2, -0.15) is 8.78 Å². The van der Waals surface area contributed by atoms with E-state index in [-0.39, 0.29) is 0 Å². The molecule has 76 valence electrons. The van der Waals surface area contributed by atoms with Crippen LogP contribution in [0.25, 0.3) is 0 Å². The van der Waals surface area contributed by atoms with E-state index in [4.69, 9.17) is 11.6 Å². The Morgan fingerprint density at radius 3 is 2.14 bits per heavy atom. The lowest BCUT2D eigenvalue weighted by Gasteiger charge is -2.03. The molecule has 0 aliphatic rings. The van der Waals surface area contributed by atoms with Gasteiger partial charge in [-0.05, 0) is 6.92 Å². The molecule has 0 N–H and O–H groups in total. The van der Waals surface area contributed by atoms with E-state index in [1.165, 1.54) is 0 Å². The molecule has 1 aromatic rings. The van der Waals surface area contributed by atoms with Gasteiger partial charge in [0.2, 0.25) is 11.6 Å². The van der Waals surface area contributed by atoms with Crippen molar-refractivity contribution in [2.75, 3.05) is 0 Å². The van der Waals surface area contributed by atoms with Gasteiger partial charge in [-0.3, -0.25) is 10.1 Å². The van der Waals surface area contributed by atoms with E-state index in [1.807, 2.05) is 0 Å². The monoisotopic (exact) mass is 225 g/mol. The predicted octanol–water partition coefficient (Wildman–Crippen LogP) is 2.97. The Morgan fingerprint density at radius 2 is 1.71 bits per heavy atom. The van der Waals surface area contributed by atoms with Crippen LogP contribution in [-0.2, 0) is 0 Å². The molecule has 7 heteroatoms. The second-order valence-electron chi connectivity index (χ2n) is 2.49. The fraction of sp³-hybridized carbons (Fsp3) is 0.143. The lowest BCUT2D eigenvalue weighted by Crippen LogP contribution is -2.02. The summed E-state index contributed by atoms with van der Waals surface area (Å²) >= 11 is 5.08. The molecule has 0 aliphatic carbocycles. The molecule has 0 bridgehead atoms. The molecule has 0 atom stereocenters. The lowest BCUT2D eigenvalue weighted by atomic mass is 10.2. The third-order valence-corrected chi connectivity index (χ3v) is 1.97. The molecule has 1 aromatic carbocycles. The van der Waals surface area contributed by atoms with Gasteiger partial charge in [-0.1, -0.05) is 11.6 Å². The number of nitro groups is 1. The highest BCUT2D eigenvalue weighted by Gasteiger charge is 2.29. The molecule has 0 unspecified atom stereocenters. The molecule has 0 saturated heterocycles. The number of benzene rings is 1. The van der Waals surface area contributed by atoms with E-state index < -0.39 is 38.6 Å². The van der Waals surface area contributed by atoms with E-state index in [0.717, 1.165) is 6.92 Å². The maximum atomic E-state index is 13.0. The molecule has 0 radical (unpaired) electrons. The van der Waals surface area contributed by atoms with E-state index in [2.05, 4.69) is 0 Å². The average molecular weight is 226 g/mol. The van der Waals surface area contributed by atoms with Crippen LogP contribution in [0.2, 0.25) is 5.02 Å². The van der Waals surface area contributed by atoms with E-state index >= 15 is 0 Å². The number of hydrogen-bond acceptors (Lipinski definition) is 2. The molecule has 0 amide bonds. The van der Waals surface area contributed by atoms with Crippen molar-refractivity contribution in [2.24, 2.45) is 0 Å². The van der Waals surface area contributed by atoms with E-state index in [0.29, 0.717) is 0 Å². The molecular formula is C7H3ClF3NO2. The summed E-state index contributed by atoms with van der Waals surface area (Å²) in [5.74, 6) is -4.57. The highest BCUT2D eigenvalue weighted by atomic mass is 35.5. The summed E-state index contributed by atoms with van der Waals surface area (Å²) in [4.78, 5) is 8.91. The topological polar surface area (TPSA) is 43.1 Å². The quantitative estimate of drug-likeness (QED) is 0.319. The summed E-state index contributed by atoms with van der Waals surface area (Å²) < 4.78 is 38.7. The highest BCUT2D eigenvalue weighted by molar-refractivity contribution is 6.31. The Morgan fingerprint density at radius 1 is 1.21 bits per heavy atom. The maximum Gasteiger partial charge on any atom is 0.342 e. The number of halogens is 4. The summed E-state index contributed by atoms with van der Waals surface area (Å²) in [6, 6.07) is 0. The number of nitro benzene ring substituents is 1. The molecule has 3 nitrogen and oxygen atoms in total. The third kappa shape index (κ3) is 1.41. The molecule has 0 saturated carbocycles. The molecule has 0 heterocycles. The highest BCUT2D eigenvalue weighted by Crippen LogP contribution is 2.32. The zero-order chi connectivity index (χ0) is 11.0. The largest absolute Gasteiger partial charge is 0.342 e. The van der Waals surface area contributed by atoms with Gasteiger partial charge in [0.1, 0.15) is 5.02 Å². The summed E-state index contributed by atoms with van der Waals surface area (Å²) in [5.41, 5.74) is -2.11. The van der Waals surface area contributed by atoms with Gasteiger partial charge < -0.3 is 0 Å². The normalized spacial score (nSPS) is 10.4. The number of rotatable bonds is 1. The van der Waals surface area contributed by atoms with Gasteiger partial charge in [-0.25, -0.2) is 4.39 Å². The summed E-state index contributed by atoms with van der Waals surface area (Å²) in [6.45, 7) is 0.934. The van der Waals surface area contributed by atoms with Crippen molar-refractivity contribution in [3.8, 4) is 0 Å². The second kappa shape index (κ2) is 3.45. The molecule has 0 aliphatic heterocycles. The molecule has 0 fully saturated rings. The van der Waals surface area contributed by atoms with Crippen LogP contribution in [0, 0.1) is 34.5 Å². The minimum atomic E-state index is -1.70. The fourth-order valence-corrected chi connectivity index (χ4v) is 1.13. The lowest BCUT2D eigenvalue weighted by molar-refractivity contribution is -0.390. The maximum absolute atomic E-state index is 13.0. The Kier molecular flexibility index (Phi) is 2.66. The second-order valence-corrected chi connectivity index (χ2v) is 2.86. The minimum Gasteiger partial charge on any atom is -0.258 e. The van der Waals surface area contributed by atoms with Gasteiger partial charge in [0.05, 0.1) is 4.92 Å². The van der Waals surface area contributed by atoms with Crippen LogP contribution < -0.4 is 0 Å². The number of nitrogens with zero attached hydrogens (tertiary/aromatic N) is 1. The Bertz CT molecular complexity index is 393. The summed E-state index contributed by atoms with van der Waals surface area (Å²) in [6.07, 6.45) is 0. The van der Waals surface area contributed by atoms with Gasteiger partial charge in [0, 0.05) is 5.56 Å². The van der Waals surface area contributed by atoms with Crippen LogP contribution in [0.3, 0.4) is 0 Å². The van der Waals surface area contributed by atoms with Gasteiger partial charge in [-0.15, -0.1) is 0 Å². The zero-order valence-electron chi connectivity index (χ0n) is 6.78. The Hall–Kier alpha value is -1.30. The van der Waals surface area contributed by atoms with Crippen LogP contribution in [0.1, 0.15) is 5.56 Å². The van der Waals surface area contributed by atoms with Crippen molar-refractivity contribution in [1.82, 2.24) is 0 Å². The van der Waals surface area contributed by atoms with Gasteiger partial charge in [0.25, 0.3) is 0 Å². The summed E-state index contributed by atoms with van der Waals surface area (Å²) in [7, 11) is 0. The first-order valence-corrected chi connectivity index (χ1v) is 3.72. The SMILES string of the molecule is Cc1c(F)c(Cl)c(F)c([N+](=O)[O-])c1F. The smallest absolute Gasteiger partial charge is 0.258 e. The fourth-order valence-electron chi connectivity index (χ4n) is 0.896. The van der Waals surface area contributed by atoms with E-state index in [9.17, 15) is 23.3 Å². The van der Waals surface area contributed by atoms with Crippen LogP contribution >= 0.6 is 11.6 Å². The number of hydrogen-bond donors (Lipinski definition) is 0. The Balaban J connectivity index is 3.68. The van der Waals surface area contributed by atoms with Crippen molar-refractivity contribution >= 4 is 17.3 Å². The molecule has 14 heavy (non-hydrogen) atoms. The Labute approximate surface area is 81.2 Å². The first kappa shape index (κ1) is 10.8. The first-order chi connectivity index (χ1) is 6.37. The van der Waals surface area contributed by atoms with Crippen LogP contribution in [0.15, 0.2) is 0 Å². The summed E-state index contributed by atoms with van der Waals surface area (Å²) in [5, 5.41) is 9.13. The first-order valence-electron chi connectivity index (χ1n) is 3.34. The predicted molar refractivity (Wildman–Crippen MR) is 42.7 cm³/mol. The van der Waals surface area contributed by atoms with Crippen LogP contribution in [0.5, 0.6) is 0 Å². The van der Waals surface area contributed by atoms with Crippen molar-refractivity contribution in [3.05, 3.63) is 38.2 Å². The van der Waals surface area contributed by atoms with Crippen molar-refractivity contribution < 1.29 is 18.1 Å². The average Bonchev–Trinajstić information content (AvgIpc) is 2.11. The third-order valence-electron chi connectivity index (χ3n) is 1.64. The molecule has 0 spiro atoms. The van der Waals surface area contributed by atoms with Crippen molar-refractivity contribution in [1.29, 1.82) is 0 Å². The minimum absolute atomic E-state index is 0.678. The van der Waals surface area contributed by atoms with Crippen molar-refractivity contribution in [3.63, 3.8) is 0 Å².